The molecular weight excluding hydrogens is 380 g/mol. The van der Waals surface area contributed by atoms with E-state index in [1.54, 1.807) is 0 Å². The van der Waals surface area contributed by atoms with Gasteiger partial charge in [0.1, 0.15) is 0 Å². The van der Waals surface area contributed by atoms with Gasteiger partial charge in [0.15, 0.2) is 15.6 Å². The molecule has 2 saturated heterocycles. The Hall–Kier alpha value is -2.84. The molecule has 0 bridgehead atoms. The molecule has 2 aliphatic rings. The average molecular weight is 396 g/mol. The summed E-state index contributed by atoms with van der Waals surface area (Å²) in [7, 11) is 0. The van der Waals surface area contributed by atoms with E-state index >= 15 is 0 Å². The number of carbonyl (C=O) groups is 2. The number of thiocarbonyl (C=S) groups is 2. The summed E-state index contributed by atoms with van der Waals surface area (Å²) in [6.07, 6.45) is 0. The number of rotatable bonds is 2. The van der Waals surface area contributed by atoms with E-state index in [1.807, 2.05) is 60.7 Å². The van der Waals surface area contributed by atoms with Gasteiger partial charge in [-0.15, -0.1) is 0 Å². The molecule has 0 unspecified atom stereocenters. The van der Waals surface area contributed by atoms with Gasteiger partial charge in [0.2, 0.25) is 11.8 Å². The summed E-state index contributed by atoms with van der Waals surface area (Å²) in [5, 5.41) is 11.9. The van der Waals surface area contributed by atoms with Crippen LogP contribution in [0.25, 0.3) is 0 Å². The summed E-state index contributed by atoms with van der Waals surface area (Å²) in [6, 6.07) is 17.3. The zero-order valence-corrected chi connectivity index (χ0v) is 15.7. The Morgan fingerprint density at radius 3 is 1.48 bits per heavy atom. The number of hydrogen-bond donors (Lipinski definition) is 4. The van der Waals surface area contributed by atoms with E-state index in [0.717, 1.165) is 11.1 Å². The molecule has 0 saturated carbocycles. The Kier molecular flexibility index (Phi) is 4.37. The topological polar surface area (TPSA) is 82.3 Å². The van der Waals surface area contributed by atoms with Gasteiger partial charge < -0.3 is 21.3 Å². The molecule has 27 heavy (non-hydrogen) atoms. The number of carbonyl (C=O) groups excluding carboxylic acids is 2. The molecule has 4 rings (SSSR count). The SMILES string of the molecule is O=C1NC(=S)NC(=O)C12[C@@H](c1ccccc1)NC(=S)N[C@H]2c1ccccc1. The molecule has 6 nitrogen and oxygen atoms in total. The Bertz CT molecular complexity index is 860. The van der Waals surface area contributed by atoms with Crippen LogP contribution < -0.4 is 21.3 Å². The molecule has 1 spiro atoms. The second-order valence-electron chi connectivity index (χ2n) is 6.41. The summed E-state index contributed by atoms with van der Waals surface area (Å²) < 4.78 is 0. The maximum Gasteiger partial charge on any atom is 0.246 e. The van der Waals surface area contributed by atoms with Crippen LogP contribution in [0.3, 0.4) is 0 Å². The summed E-state index contributed by atoms with van der Waals surface area (Å²) in [6.45, 7) is 0. The zero-order valence-electron chi connectivity index (χ0n) is 14.1. The number of benzene rings is 2. The van der Waals surface area contributed by atoms with Crippen molar-refractivity contribution in [3.8, 4) is 0 Å². The van der Waals surface area contributed by atoms with Crippen molar-refractivity contribution < 1.29 is 9.59 Å². The molecule has 136 valence electrons. The molecule has 0 aliphatic carbocycles. The van der Waals surface area contributed by atoms with E-state index in [2.05, 4.69) is 21.3 Å². The Morgan fingerprint density at radius 1 is 0.667 bits per heavy atom. The third-order valence-corrected chi connectivity index (χ3v) is 5.37. The zero-order chi connectivity index (χ0) is 19.0. The Morgan fingerprint density at radius 2 is 1.07 bits per heavy atom. The average Bonchev–Trinajstić information content (AvgIpc) is 2.67. The van der Waals surface area contributed by atoms with E-state index in [4.69, 9.17) is 24.4 Å². The first-order valence-electron chi connectivity index (χ1n) is 8.37. The second kappa shape index (κ2) is 6.71. The van der Waals surface area contributed by atoms with Gasteiger partial charge in [0.25, 0.3) is 0 Å². The largest absolute Gasteiger partial charge is 0.354 e. The minimum atomic E-state index is -1.52. The van der Waals surface area contributed by atoms with Gasteiger partial charge in [0.05, 0.1) is 12.1 Å². The molecule has 4 N–H and O–H groups in total. The quantitative estimate of drug-likeness (QED) is 0.455. The third kappa shape index (κ3) is 2.77. The lowest BCUT2D eigenvalue weighted by Crippen LogP contribution is -2.73. The van der Waals surface area contributed by atoms with Crippen LogP contribution in [0.1, 0.15) is 23.2 Å². The fraction of sp³-hybridized carbons (Fsp3) is 0.158. The Balaban J connectivity index is 1.95. The number of amides is 2. The normalized spacial score (nSPS) is 23.9. The first kappa shape index (κ1) is 17.6. The highest BCUT2D eigenvalue weighted by Crippen LogP contribution is 2.48. The molecule has 2 amide bonds. The van der Waals surface area contributed by atoms with Gasteiger partial charge in [-0.2, -0.15) is 0 Å². The van der Waals surface area contributed by atoms with Crippen LogP contribution in [-0.4, -0.2) is 22.0 Å². The smallest absolute Gasteiger partial charge is 0.246 e. The van der Waals surface area contributed by atoms with Crippen LogP contribution in [0.4, 0.5) is 0 Å². The molecule has 0 radical (unpaired) electrons. The third-order valence-electron chi connectivity index (χ3n) is 4.93. The maximum absolute atomic E-state index is 13.3. The first-order valence-corrected chi connectivity index (χ1v) is 9.19. The molecule has 8 heteroatoms. The van der Waals surface area contributed by atoms with Gasteiger partial charge in [-0.1, -0.05) is 60.7 Å². The van der Waals surface area contributed by atoms with Gasteiger partial charge in [0, 0.05) is 0 Å². The molecule has 2 aliphatic heterocycles. The van der Waals surface area contributed by atoms with Crippen molar-refractivity contribution in [3.05, 3.63) is 71.8 Å². The highest BCUT2D eigenvalue weighted by Gasteiger charge is 2.63. The van der Waals surface area contributed by atoms with Crippen molar-refractivity contribution in [2.75, 3.05) is 0 Å². The fourth-order valence-electron chi connectivity index (χ4n) is 3.75. The molecule has 2 fully saturated rings. The predicted octanol–water partition coefficient (Wildman–Crippen LogP) is 1.46. The van der Waals surface area contributed by atoms with Crippen LogP contribution in [0.15, 0.2) is 60.7 Å². The first-order chi connectivity index (χ1) is 13.0. The van der Waals surface area contributed by atoms with Crippen molar-refractivity contribution >= 4 is 46.5 Å². The molecule has 2 heterocycles. The number of nitrogens with one attached hydrogen (secondary N) is 4. The summed E-state index contributed by atoms with van der Waals surface area (Å²) in [5.74, 6) is -0.942. The molecular formula is C19H16N4O2S2. The lowest BCUT2D eigenvalue weighted by molar-refractivity contribution is -0.149. The van der Waals surface area contributed by atoms with Crippen LogP contribution in [0.5, 0.6) is 0 Å². The van der Waals surface area contributed by atoms with Gasteiger partial charge >= 0.3 is 0 Å². The predicted molar refractivity (Wildman–Crippen MR) is 109 cm³/mol. The van der Waals surface area contributed by atoms with E-state index in [0.29, 0.717) is 5.11 Å². The molecule has 0 aromatic heterocycles. The fourth-order valence-corrected chi connectivity index (χ4v) is 4.17. The van der Waals surface area contributed by atoms with Crippen molar-refractivity contribution in [3.63, 3.8) is 0 Å². The van der Waals surface area contributed by atoms with E-state index in [9.17, 15) is 9.59 Å². The van der Waals surface area contributed by atoms with Crippen molar-refractivity contribution in [1.29, 1.82) is 0 Å². The van der Waals surface area contributed by atoms with Gasteiger partial charge in [-0.05, 0) is 35.6 Å². The van der Waals surface area contributed by atoms with Crippen molar-refractivity contribution in [1.82, 2.24) is 21.3 Å². The van der Waals surface area contributed by atoms with Crippen LogP contribution >= 0.6 is 24.4 Å². The standard InChI is InChI=1S/C19H16N4O2S2/c24-15-19(16(25)23-18(27)22-15)13(11-7-3-1-4-8-11)20-17(26)21-14(19)12-9-5-2-6-10-12/h1-10,13-14H,(H2,20,21,26)(H2,22,23,24,25,27)/t13-,14+. The minimum Gasteiger partial charge on any atom is -0.354 e. The monoisotopic (exact) mass is 396 g/mol. The summed E-state index contributed by atoms with van der Waals surface area (Å²) >= 11 is 10.4. The number of hydrogen-bond acceptors (Lipinski definition) is 4. The molecule has 2 atom stereocenters. The maximum atomic E-state index is 13.3. The lowest BCUT2D eigenvalue weighted by Gasteiger charge is -2.50. The van der Waals surface area contributed by atoms with Gasteiger partial charge in [-0.3, -0.25) is 9.59 Å². The summed E-state index contributed by atoms with van der Waals surface area (Å²) in [5.41, 5.74) is 0.0358. The van der Waals surface area contributed by atoms with Gasteiger partial charge in [-0.25, -0.2) is 0 Å². The van der Waals surface area contributed by atoms with E-state index < -0.39 is 29.3 Å². The van der Waals surface area contributed by atoms with Crippen LogP contribution in [-0.2, 0) is 9.59 Å². The highest BCUT2D eigenvalue weighted by atomic mass is 32.1. The van der Waals surface area contributed by atoms with Crippen LogP contribution in [0, 0.1) is 5.41 Å². The van der Waals surface area contributed by atoms with E-state index in [1.165, 1.54) is 0 Å². The second-order valence-corrected chi connectivity index (χ2v) is 7.23. The molecule has 2 aromatic rings. The lowest BCUT2D eigenvalue weighted by atomic mass is 9.66. The minimum absolute atomic E-state index is 0.00222. The van der Waals surface area contributed by atoms with Crippen LogP contribution in [0.2, 0.25) is 0 Å². The van der Waals surface area contributed by atoms with Crippen molar-refractivity contribution in [2.24, 2.45) is 5.41 Å². The van der Waals surface area contributed by atoms with Crippen molar-refractivity contribution in [2.45, 2.75) is 12.1 Å². The Labute approximate surface area is 166 Å². The molecule has 2 aromatic carbocycles. The highest BCUT2D eigenvalue weighted by molar-refractivity contribution is 7.80. The summed E-state index contributed by atoms with van der Waals surface area (Å²) in [4.78, 5) is 26.6. The van der Waals surface area contributed by atoms with E-state index in [-0.39, 0.29) is 5.11 Å².